The number of hydrogen-bond donors (Lipinski definition) is 2. The summed E-state index contributed by atoms with van der Waals surface area (Å²) in [5, 5.41) is 0. The van der Waals surface area contributed by atoms with Gasteiger partial charge in [0, 0.05) is 0 Å². The Labute approximate surface area is 82.1 Å². The van der Waals surface area contributed by atoms with Gasteiger partial charge in [0.05, 0.1) is 0 Å². The van der Waals surface area contributed by atoms with E-state index in [0.717, 1.165) is 18.5 Å². The smallest absolute Gasteiger partial charge is 0.00773 e. The summed E-state index contributed by atoms with van der Waals surface area (Å²) >= 11 is 0. The molecule has 1 fully saturated rings. The first kappa shape index (κ1) is 11.0. The van der Waals surface area contributed by atoms with Crippen LogP contribution in [-0.4, -0.2) is 13.1 Å². The van der Waals surface area contributed by atoms with Gasteiger partial charge < -0.3 is 11.5 Å². The first-order valence-electron chi connectivity index (χ1n) is 5.73. The zero-order chi connectivity index (χ0) is 9.57. The van der Waals surface area contributed by atoms with Crippen LogP contribution in [0.15, 0.2) is 0 Å². The van der Waals surface area contributed by atoms with E-state index in [1.807, 2.05) is 0 Å². The molecule has 2 nitrogen and oxygen atoms in total. The third kappa shape index (κ3) is 4.10. The molecule has 1 rings (SSSR count). The minimum atomic E-state index is 0.740. The molecule has 0 aliphatic heterocycles. The maximum Gasteiger partial charge on any atom is -0.00773 e. The standard InChI is InChI=1S/C11H24N2/c12-9-3-1-5-11(7-8-11)6-2-4-10-13/h1-10,12-13H2. The van der Waals surface area contributed by atoms with Crippen LogP contribution >= 0.6 is 0 Å². The largest absolute Gasteiger partial charge is 0.330 e. The average Bonchev–Trinajstić information content (AvgIpc) is 2.87. The van der Waals surface area contributed by atoms with Crippen molar-refractivity contribution in [1.82, 2.24) is 0 Å². The first-order chi connectivity index (χ1) is 6.33. The summed E-state index contributed by atoms with van der Waals surface area (Å²) in [6.07, 6.45) is 10.8. The van der Waals surface area contributed by atoms with Gasteiger partial charge in [-0.05, 0) is 57.0 Å². The van der Waals surface area contributed by atoms with Crippen LogP contribution in [0.5, 0.6) is 0 Å². The fourth-order valence-corrected chi connectivity index (χ4v) is 2.09. The first-order valence-corrected chi connectivity index (χ1v) is 5.73. The molecule has 0 unspecified atom stereocenters. The molecule has 1 aliphatic carbocycles. The van der Waals surface area contributed by atoms with Crippen LogP contribution in [0.2, 0.25) is 0 Å². The van der Waals surface area contributed by atoms with Crippen molar-refractivity contribution in [3.05, 3.63) is 0 Å². The van der Waals surface area contributed by atoms with Gasteiger partial charge in [0.2, 0.25) is 0 Å². The molecule has 0 spiro atoms. The maximum absolute atomic E-state index is 5.48. The summed E-state index contributed by atoms with van der Waals surface area (Å²) in [4.78, 5) is 0. The van der Waals surface area contributed by atoms with E-state index in [9.17, 15) is 0 Å². The Bertz CT molecular complexity index is 118. The fraction of sp³-hybridized carbons (Fsp3) is 1.00. The van der Waals surface area contributed by atoms with Crippen LogP contribution in [0.25, 0.3) is 0 Å². The monoisotopic (exact) mass is 184 g/mol. The number of rotatable bonds is 8. The number of nitrogens with two attached hydrogens (primary N) is 2. The van der Waals surface area contributed by atoms with Crippen molar-refractivity contribution in [2.45, 2.75) is 51.4 Å². The lowest BCUT2D eigenvalue weighted by atomic mass is 9.93. The average molecular weight is 184 g/mol. The van der Waals surface area contributed by atoms with E-state index in [0.29, 0.717) is 0 Å². The van der Waals surface area contributed by atoms with E-state index < -0.39 is 0 Å². The summed E-state index contributed by atoms with van der Waals surface area (Å²) in [5.74, 6) is 0. The van der Waals surface area contributed by atoms with E-state index in [1.165, 1.54) is 51.4 Å². The van der Waals surface area contributed by atoms with Crippen LogP contribution in [-0.2, 0) is 0 Å². The van der Waals surface area contributed by atoms with E-state index in [2.05, 4.69) is 0 Å². The lowest BCUT2D eigenvalue weighted by Crippen LogP contribution is -2.05. The van der Waals surface area contributed by atoms with Crippen LogP contribution < -0.4 is 11.5 Å². The quantitative estimate of drug-likeness (QED) is 0.567. The molecule has 0 aromatic rings. The Kier molecular flexibility index (Phi) is 4.74. The van der Waals surface area contributed by atoms with Crippen molar-refractivity contribution < 1.29 is 0 Å². The van der Waals surface area contributed by atoms with Crippen molar-refractivity contribution in [3.8, 4) is 0 Å². The van der Waals surface area contributed by atoms with Gasteiger partial charge in [-0.1, -0.05) is 12.8 Å². The van der Waals surface area contributed by atoms with Crippen molar-refractivity contribution in [2.24, 2.45) is 16.9 Å². The van der Waals surface area contributed by atoms with E-state index >= 15 is 0 Å². The number of unbranched alkanes of at least 4 members (excludes halogenated alkanes) is 2. The zero-order valence-electron chi connectivity index (χ0n) is 8.73. The van der Waals surface area contributed by atoms with E-state index in [-0.39, 0.29) is 0 Å². The molecular weight excluding hydrogens is 160 g/mol. The number of hydrogen-bond acceptors (Lipinski definition) is 2. The molecule has 4 N–H and O–H groups in total. The second kappa shape index (κ2) is 5.61. The van der Waals surface area contributed by atoms with Gasteiger partial charge in [-0.15, -0.1) is 0 Å². The molecule has 1 saturated carbocycles. The molecule has 0 radical (unpaired) electrons. The Morgan fingerprint density at radius 2 is 1.23 bits per heavy atom. The van der Waals surface area contributed by atoms with Crippen molar-refractivity contribution >= 4 is 0 Å². The minimum absolute atomic E-state index is 0.740. The molecule has 0 aromatic heterocycles. The predicted molar refractivity (Wildman–Crippen MR) is 57.5 cm³/mol. The van der Waals surface area contributed by atoms with Gasteiger partial charge in [-0.3, -0.25) is 0 Å². The molecular formula is C11H24N2. The summed E-state index contributed by atoms with van der Waals surface area (Å²) in [6, 6.07) is 0. The van der Waals surface area contributed by atoms with Crippen molar-refractivity contribution in [1.29, 1.82) is 0 Å². The Hall–Kier alpha value is -0.0800. The summed E-state index contributed by atoms with van der Waals surface area (Å²) in [6.45, 7) is 1.72. The van der Waals surface area contributed by atoms with Gasteiger partial charge in [0.1, 0.15) is 0 Å². The highest BCUT2D eigenvalue weighted by molar-refractivity contribution is 4.92. The SMILES string of the molecule is NCCCCC1(CCCCN)CC1. The Morgan fingerprint density at radius 3 is 1.54 bits per heavy atom. The summed E-state index contributed by atoms with van der Waals surface area (Å²) in [7, 11) is 0. The lowest BCUT2D eigenvalue weighted by Gasteiger charge is -2.13. The molecule has 0 heterocycles. The highest BCUT2D eigenvalue weighted by Gasteiger charge is 2.40. The molecule has 0 amide bonds. The van der Waals surface area contributed by atoms with Gasteiger partial charge in [-0.25, -0.2) is 0 Å². The molecule has 1 aliphatic rings. The summed E-state index contributed by atoms with van der Waals surface area (Å²) in [5.41, 5.74) is 11.7. The van der Waals surface area contributed by atoms with Crippen LogP contribution in [0.4, 0.5) is 0 Å². The van der Waals surface area contributed by atoms with Gasteiger partial charge in [-0.2, -0.15) is 0 Å². The molecule has 2 heteroatoms. The third-order valence-corrected chi connectivity index (χ3v) is 3.28. The molecule has 13 heavy (non-hydrogen) atoms. The van der Waals surface area contributed by atoms with Gasteiger partial charge in [0.25, 0.3) is 0 Å². The lowest BCUT2D eigenvalue weighted by molar-refractivity contribution is 0.393. The topological polar surface area (TPSA) is 52.0 Å². The predicted octanol–water partition coefficient (Wildman–Crippen LogP) is 2.02. The van der Waals surface area contributed by atoms with Gasteiger partial charge >= 0.3 is 0 Å². The van der Waals surface area contributed by atoms with Gasteiger partial charge in [0.15, 0.2) is 0 Å². The summed E-state index contributed by atoms with van der Waals surface area (Å²) < 4.78 is 0. The fourth-order valence-electron chi connectivity index (χ4n) is 2.09. The highest BCUT2D eigenvalue weighted by Crippen LogP contribution is 2.53. The maximum atomic E-state index is 5.48. The highest BCUT2D eigenvalue weighted by atomic mass is 14.5. The minimum Gasteiger partial charge on any atom is -0.330 e. The van der Waals surface area contributed by atoms with Crippen LogP contribution in [0.1, 0.15) is 51.4 Å². The van der Waals surface area contributed by atoms with E-state index in [1.54, 1.807) is 0 Å². The molecule has 0 saturated heterocycles. The second-order valence-electron chi connectivity index (χ2n) is 4.49. The Morgan fingerprint density at radius 1 is 0.769 bits per heavy atom. The second-order valence-corrected chi connectivity index (χ2v) is 4.49. The van der Waals surface area contributed by atoms with Crippen LogP contribution in [0, 0.1) is 5.41 Å². The Balaban J connectivity index is 2.01. The zero-order valence-corrected chi connectivity index (χ0v) is 8.73. The van der Waals surface area contributed by atoms with Crippen molar-refractivity contribution in [3.63, 3.8) is 0 Å². The molecule has 0 aromatic carbocycles. The van der Waals surface area contributed by atoms with Crippen LogP contribution in [0.3, 0.4) is 0 Å². The molecule has 78 valence electrons. The van der Waals surface area contributed by atoms with Crippen molar-refractivity contribution in [2.75, 3.05) is 13.1 Å². The van der Waals surface area contributed by atoms with E-state index in [4.69, 9.17) is 11.5 Å². The third-order valence-electron chi connectivity index (χ3n) is 3.28. The molecule has 0 atom stereocenters. The normalized spacial score (nSPS) is 18.9. The molecule has 0 bridgehead atoms.